The molecule has 0 saturated carbocycles. The van der Waals surface area contributed by atoms with Crippen LogP contribution in [0.5, 0.6) is 11.5 Å². The number of imidazole rings is 1. The van der Waals surface area contributed by atoms with Crippen LogP contribution in [-0.4, -0.2) is 45.1 Å². The Morgan fingerprint density at radius 3 is 2.59 bits per heavy atom. The number of ether oxygens (including phenoxy) is 3. The van der Waals surface area contributed by atoms with E-state index in [1.165, 1.54) is 9.13 Å². The van der Waals surface area contributed by atoms with Gasteiger partial charge in [-0.3, -0.25) is 13.9 Å². The van der Waals surface area contributed by atoms with Gasteiger partial charge in [-0.2, -0.15) is 0 Å². The smallest absolute Gasteiger partial charge is 0.332 e. The van der Waals surface area contributed by atoms with E-state index in [-0.39, 0.29) is 17.4 Å². The Kier molecular flexibility index (Phi) is 6.18. The lowest BCUT2D eigenvalue weighted by Gasteiger charge is -2.15. The molecule has 0 amide bonds. The van der Waals surface area contributed by atoms with Gasteiger partial charge in [-0.05, 0) is 37.6 Å². The largest absolute Gasteiger partial charge is 0.493 e. The van der Waals surface area contributed by atoms with Crippen LogP contribution in [0.3, 0.4) is 0 Å². The van der Waals surface area contributed by atoms with Gasteiger partial charge in [0.1, 0.15) is 11.9 Å². The molecule has 0 radical (unpaired) electrons. The van der Waals surface area contributed by atoms with E-state index in [0.717, 1.165) is 12.0 Å². The standard InChI is InChI=1S/C23H28N4O5/c1-5-26-21-20(22(28)27(6-2)23(26)29)25(3)19(24-21)10-8-15-7-9-17(18(13-15)30-4)32-16-11-12-31-14-16/h7-10,13,16H,5-6,11-12,14H2,1-4H3/b10-8+/t16-/m0/s1. The van der Waals surface area contributed by atoms with Gasteiger partial charge in [0.15, 0.2) is 22.7 Å². The van der Waals surface area contributed by atoms with E-state index in [2.05, 4.69) is 4.98 Å². The number of aryl methyl sites for hydroxylation is 2. The van der Waals surface area contributed by atoms with Crippen molar-refractivity contribution in [3.8, 4) is 11.5 Å². The highest BCUT2D eigenvalue weighted by molar-refractivity contribution is 5.77. The molecule has 1 aliphatic rings. The second-order valence-electron chi connectivity index (χ2n) is 7.62. The highest BCUT2D eigenvalue weighted by Gasteiger charge is 2.20. The van der Waals surface area contributed by atoms with Crippen LogP contribution in [0.2, 0.25) is 0 Å². The fourth-order valence-electron chi connectivity index (χ4n) is 3.93. The number of hydrogen-bond acceptors (Lipinski definition) is 6. The van der Waals surface area contributed by atoms with Crippen molar-refractivity contribution in [1.29, 1.82) is 0 Å². The number of hydrogen-bond donors (Lipinski definition) is 0. The van der Waals surface area contributed by atoms with Crippen LogP contribution in [-0.2, 0) is 24.9 Å². The summed E-state index contributed by atoms with van der Waals surface area (Å²) in [5.41, 5.74) is 1.03. The minimum atomic E-state index is -0.339. The van der Waals surface area contributed by atoms with Gasteiger partial charge in [-0.1, -0.05) is 12.1 Å². The molecule has 4 rings (SSSR count). The van der Waals surface area contributed by atoms with Gasteiger partial charge in [0, 0.05) is 26.6 Å². The van der Waals surface area contributed by atoms with Crippen LogP contribution in [0.4, 0.5) is 0 Å². The highest BCUT2D eigenvalue weighted by atomic mass is 16.6. The molecule has 170 valence electrons. The molecule has 3 aromatic rings. The zero-order valence-electron chi connectivity index (χ0n) is 18.8. The summed E-state index contributed by atoms with van der Waals surface area (Å²) in [6.07, 6.45) is 4.60. The molecular formula is C23H28N4O5. The van der Waals surface area contributed by atoms with Crippen molar-refractivity contribution in [1.82, 2.24) is 18.7 Å². The maximum atomic E-state index is 12.8. The van der Waals surface area contributed by atoms with Crippen molar-refractivity contribution in [2.45, 2.75) is 39.5 Å². The maximum absolute atomic E-state index is 12.8. The summed E-state index contributed by atoms with van der Waals surface area (Å²) < 4.78 is 21.3. The lowest BCUT2D eigenvalue weighted by molar-refractivity contribution is 0.138. The summed E-state index contributed by atoms with van der Waals surface area (Å²) >= 11 is 0. The summed E-state index contributed by atoms with van der Waals surface area (Å²) in [6.45, 7) is 5.68. The quantitative estimate of drug-likeness (QED) is 0.560. The van der Waals surface area contributed by atoms with E-state index in [0.29, 0.717) is 54.8 Å². The van der Waals surface area contributed by atoms with E-state index in [9.17, 15) is 9.59 Å². The predicted octanol–water partition coefficient (Wildman–Crippen LogP) is 2.28. The van der Waals surface area contributed by atoms with Crippen LogP contribution in [0.15, 0.2) is 27.8 Å². The number of aromatic nitrogens is 4. The monoisotopic (exact) mass is 440 g/mol. The lowest BCUT2D eigenvalue weighted by atomic mass is 10.2. The molecule has 0 N–H and O–H groups in total. The molecule has 1 aromatic carbocycles. The van der Waals surface area contributed by atoms with E-state index in [1.807, 2.05) is 37.3 Å². The van der Waals surface area contributed by atoms with Gasteiger partial charge in [0.25, 0.3) is 5.56 Å². The molecule has 3 heterocycles. The van der Waals surface area contributed by atoms with Crippen molar-refractivity contribution >= 4 is 23.3 Å². The minimum absolute atomic E-state index is 0.0358. The van der Waals surface area contributed by atoms with E-state index < -0.39 is 0 Å². The molecule has 32 heavy (non-hydrogen) atoms. The first-order valence-corrected chi connectivity index (χ1v) is 10.8. The first-order valence-electron chi connectivity index (χ1n) is 10.8. The third-order valence-electron chi connectivity index (χ3n) is 5.70. The average molecular weight is 441 g/mol. The van der Waals surface area contributed by atoms with E-state index in [1.54, 1.807) is 25.6 Å². The van der Waals surface area contributed by atoms with Crippen LogP contribution < -0.4 is 20.7 Å². The van der Waals surface area contributed by atoms with Gasteiger partial charge in [0.05, 0.1) is 20.3 Å². The van der Waals surface area contributed by atoms with Crippen molar-refractivity contribution in [2.24, 2.45) is 7.05 Å². The van der Waals surface area contributed by atoms with E-state index in [4.69, 9.17) is 14.2 Å². The molecular weight excluding hydrogens is 412 g/mol. The molecule has 0 aliphatic carbocycles. The van der Waals surface area contributed by atoms with Crippen molar-refractivity contribution in [3.63, 3.8) is 0 Å². The number of nitrogens with zero attached hydrogens (tertiary/aromatic N) is 4. The average Bonchev–Trinajstić information content (AvgIpc) is 3.41. The summed E-state index contributed by atoms with van der Waals surface area (Å²) in [7, 11) is 3.39. The lowest BCUT2D eigenvalue weighted by Crippen LogP contribution is -2.39. The summed E-state index contributed by atoms with van der Waals surface area (Å²) in [5.74, 6) is 1.89. The Morgan fingerprint density at radius 2 is 1.94 bits per heavy atom. The Balaban J connectivity index is 1.69. The van der Waals surface area contributed by atoms with Gasteiger partial charge in [-0.25, -0.2) is 9.78 Å². The molecule has 1 saturated heterocycles. The molecule has 0 spiro atoms. The van der Waals surface area contributed by atoms with Crippen LogP contribution in [0.1, 0.15) is 31.7 Å². The molecule has 1 aliphatic heterocycles. The summed E-state index contributed by atoms with van der Waals surface area (Å²) in [4.78, 5) is 30.0. The Morgan fingerprint density at radius 1 is 1.16 bits per heavy atom. The second kappa shape index (κ2) is 9.04. The molecule has 0 bridgehead atoms. The number of methoxy groups -OCH3 is 1. The third-order valence-corrected chi connectivity index (χ3v) is 5.70. The number of fused-ring (bicyclic) bond motifs is 1. The van der Waals surface area contributed by atoms with Gasteiger partial charge in [0.2, 0.25) is 0 Å². The molecule has 0 unspecified atom stereocenters. The van der Waals surface area contributed by atoms with E-state index >= 15 is 0 Å². The van der Waals surface area contributed by atoms with Crippen molar-refractivity contribution < 1.29 is 14.2 Å². The maximum Gasteiger partial charge on any atom is 0.332 e. The fourth-order valence-corrected chi connectivity index (χ4v) is 3.93. The zero-order valence-corrected chi connectivity index (χ0v) is 18.8. The predicted molar refractivity (Wildman–Crippen MR) is 122 cm³/mol. The second-order valence-corrected chi connectivity index (χ2v) is 7.62. The topological polar surface area (TPSA) is 89.5 Å². The molecule has 1 fully saturated rings. The van der Waals surface area contributed by atoms with Crippen LogP contribution in [0.25, 0.3) is 23.3 Å². The van der Waals surface area contributed by atoms with Gasteiger partial charge in [-0.15, -0.1) is 0 Å². The number of rotatable bonds is 7. The Labute approximate surface area is 185 Å². The Bertz CT molecular complexity index is 1280. The van der Waals surface area contributed by atoms with Crippen LogP contribution >= 0.6 is 0 Å². The van der Waals surface area contributed by atoms with Crippen molar-refractivity contribution in [3.05, 3.63) is 50.4 Å². The summed E-state index contributed by atoms with van der Waals surface area (Å²) in [6, 6.07) is 5.69. The third kappa shape index (κ3) is 3.84. The van der Waals surface area contributed by atoms with Crippen LogP contribution in [0, 0.1) is 0 Å². The van der Waals surface area contributed by atoms with Gasteiger partial charge < -0.3 is 18.8 Å². The van der Waals surface area contributed by atoms with Crippen molar-refractivity contribution in [2.75, 3.05) is 20.3 Å². The SMILES string of the molecule is CCn1c(=O)c2c(nc(/C=C/c3ccc(O[C@H]4CCOC4)c(OC)c3)n2C)n(CC)c1=O. The molecule has 9 nitrogen and oxygen atoms in total. The summed E-state index contributed by atoms with van der Waals surface area (Å²) in [5, 5.41) is 0. The Hall–Kier alpha value is -3.33. The first-order chi connectivity index (χ1) is 15.5. The molecule has 9 heteroatoms. The molecule has 2 aromatic heterocycles. The van der Waals surface area contributed by atoms with Gasteiger partial charge >= 0.3 is 5.69 Å². The molecule has 1 atom stereocenters. The first kappa shape index (κ1) is 21.9. The normalized spacial score (nSPS) is 16.3. The highest BCUT2D eigenvalue weighted by Crippen LogP contribution is 2.31. The number of benzene rings is 1. The minimum Gasteiger partial charge on any atom is -0.493 e. The fraction of sp³-hybridized carbons (Fsp3) is 0.435. The zero-order chi connectivity index (χ0) is 22.8.